The van der Waals surface area contributed by atoms with Crippen LogP contribution in [0.2, 0.25) is 0 Å². The average Bonchev–Trinajstić information content (AvgIpc) is 3.60. The molecule has 0 saturated carbocycles. The molecule has 0 bridgehead atoms. The van der Waals surface area contributed by atoms with Crippen molar-refractivity contribution in [3.8, 4) is 11.8 Å². The summed E-state index contributed by atoms with van der Waals surface area (Å²) in [6, 6.07) is 24.2. The number of unbranched alkanes of at least 4 members (excludes halogenated alkanes) is 1. The van der Waals surface area contributed by atoms with E-state index in [1.54, 1.807) is 11.6 Å². The van der Waals surface area contributed by atoms with Gasteiger partial charge in [-0.2, -0.15) is 0 Å². The molecule has 4 aromatic carbocycles. The number of benzene rings is 4. The summed E-state index contributed by atoms with van der Waals surface area (Å²) in [5.74, 6) is 7.19. The van der Waals surface area contributed by atoms with Crippen molar-refractivity contribution in [3.05, 3.63) is 111 Å². The average molecular weight is 919 g/mol. The van der Waals surface area contributed by atoms with Gasteiger partial charge in [-0.05, 0) is 168 Å². The molecular weight excluding hydrogens is 853 g/mol. The van der Waals surface area contributed by atoms with Gasteiger partial charge in [0.15, 0.2) is 0 Å². The van der Waals surface area contributed by atoms with Crippen LogP contribution < -0.4 is 27.0 Å². The molecule has 13 nitrogen and oxygen atoms in total. The number of nitrogens with one attached hydrogen (secondary N) is 4. The van der Waals surface area contributed by atoms with Crippen LogP contribution in [0.3, 0.4) is 0 Å². The van der Waals surface area contributed by atoms with Crippen molar-refractivity contribution >= 4 is 51.1 Å². The maximum Gasteiger partial charge on any atom is 0.329 e. The molecule has 356 valence electrons. The van der Waals surface area contributed by atoms with Gasteiger partial charge in [0.05, 0.1) is 17.1 Å². The maximum atomic E-state index is 13.7. The van der Waals surface area contributed by atoms with E-state index in [4.69, 9.17) is 0 Å². The molecule has 4 aliphatic heterocycles. The molecule has 68 heavy (non-hydrogen) atoms. The predicted octanol–water partition coefficient (Wildman–Crippen LogP) is 7.07. The van der Waals surface area contributed by atoms with Crippen molar-refractivity contribution in [2.75, 3.05) is 51.1 Å². The van der Waals surface area contributed by atoms with Crippen molar-refractivity contribution in [1.82, 2.24) is 34.9 Å². The number of carbonyl (C=O) groups excluding carboxylic acids is 4. The van der Waals surface area contributed by atoms with Crippen LogP contribution in [0.1, 0.15) is 128 Å². The number of aromatic nitrogens is 2. The highest BCUT2D eigenvalue weighted by Crippen LogP contribution is 2.33. The van der Waals surface area contributed by atoms with Crippen LogP contribution in [0.25, 0.3) is 21.8 Å². The number of hydrogen-bond donors (Lipinski definition) is 4. The Hall–Kier alpha value is -6.23. The van der Waals surface area contributed by atoms with Gasteiger partial charge in [-0.25, -0.2) is 4.79 Å². The molecule has 1 aromatic heterocycles. The zero-order chi connectivity index (χ0) is 47.3. The van der Waals surface area contributed by atoms with Gasteiger partial charge in [0.25, 0.3) is 5.91 Å². The lowest BCUT2D eigenvalue weighted by Gasteiger charge is -2.32. The van der Waals surface area contributed by atoms with Crippen molar-refractivity contribution in [3.63, 3.8) is 0 Å². The molecule has 2 atom stereocenters. The minimum absolute atomic E-state index is 0.0725. The van der Waals surface area contributed by atoms with Crippen molar-refractivity contribution in [1.29, 1.82) is 0 Å². The highest BCUT2D eigenvalue weighted by Gasteiger charge is 2.32. The van der Waals surface area contributed by atoms with Crippen LogP contribution in [-0.4, -0.2) is 94.4 Å². The van der Waals surface area contributed by atoms with E-state index in [2.05, 4.69) is 93.5 Å². The van der Waals surface area contributed by atoms with Gasteiger partial charge in [0.2, 0.25) is 17.7 Å². The Morgan fingerprint density at radius 2 is 1.59 bits per heavy atom. The van der Waals surface area contributed by atoms with E-state index in [1.807, 2.05) is 36.1 Å². The second kappa shape index (κ2) is 21.0. The Morgan fingerprint density at radius 3 is 2.35 bits per heavy atom. The zero-order valence-electron chi connectivity index (χ0n) is 39.9. The van der Waals surface area contributed by atoms with Gasteiger partial charge < -0.3 is 25.8 Å². The molecule has 0 spiro atoms. The van der Waals surface area contributed by atoms with Crippen LogP contribution in [0.15, 0.2) is 77.6 Å². The third-order valence-electron chi connectivity index (χ3n) is 15.0. The minimum atomic E-state index is -0.703. The highest BCUT2D eigenvalue weighted by molar-refractivity contribution is 6.00. The first-order valence-corrected chi connectivity index (χ1v) is 25.0. The molecule has 4 fully saturated rings. The molecule has 13 heteroatoms. The van der Waals surface area contributed by atoms with E-state index in [9.17, 15) is 24.0 Å². The highest BCUT2D eigenvalue weighted by atomic mass is 16.2. The van der Waals surface area contributed by atoms with Crippen LogP contribution in [0.5, 0.6) is 0 Å². The lowest BCUT2D eigenvalue weighted by atomic mass is 9.89. The van der Waals surface area contributed by atoms with Crippen molar-refractivity contribution in [2.24, 2.45) is 13.0 Å². The van der Waals surface area contributed by atoms with Crippen LogP contribution in [-0.2, 0) is 21.4 Å². The van der Waals surface area contributed by atoms with Crippen LogP contribution in [0.4, 0.5) is 5.69 Å². The monoisotopic (exact) mass is 919 g/mol. The quantitative estimate of drug-likeness (QED) is 0.0590. The Morgan fingerprint density at radius 1 is 0.824 bits per heavy atom. The molecule has 4 amide bonds. The van der Waals surface area contributed by atoms with Crippen LogP contribution >= 0.6 is 0 Å². The summed E-state index contributed by atoms with van der Waals surface area (Å²) in [7, 11) is 1.72. The van der Waals surface area contributed by atoms with Gasteiger partial charge in [-0.1, -0.05) is 54.3 Å². The minimum Gasteiger partial charge on any atom is -0.382 e. The summed E-state index contributed by atoms with van der Waals surface area (Å²) in [5.41, 5.74) is 7.06. The van der Waals surface area contributed by atoms with E-state index >= 15 is 0 Å². The molecule has 4 N–H and O–H groups in total. The Labute approximate surface area is 399 Å². The number of amides is 4. The van der Waals surface area contributed by atoms with Gasteiger partial charge in [-0.15, -0.1) is 0 Å². The molecule has 0 aliphatic carbocycles. The van der Waals surface area contributed by atoms with Crippen molar-refractivity contribution in [2.45, 2.75) is 109 Å². The summed E-state index contributed by atoms with van der Waals surface area (Å²) < 4.78 is 3.10. The van der Waals surface area contributed by atoms with E-state index in [0.717, 1.165) is 141 Å². The Kier molecular flexibility index (Phi) is 14.4. The number of imidazole rings is 1. The molecule has 9 rings (SSSR count). The smallest absolute Gasteiger partial charge is 0.329 e. The zero-order valence-corrected chi connectivity index (χ0v) is 39.9. The molecule has 4 aliphatic rings. The summed E-state index contributed by atoms with van der Waals surface area (Å²) in [6.07, 6.45) is 8.88. The summed E-state index contributed by atoms with van der Waals surface area (Å²) in [6.45, 7) is 10.5. The third kappa shape index (κ3) is 10.4. The molecule has 0 radical (unpaired) electrons. The fourth-order valence-corrected chi connectivity index (χ4v) is 10.9. The number of likely N-dealkylation sites (tertiary alicyclic amines) is 2. The van der Waals surface area contributed by atoms with E-state index in [-0.39, 0.29) is 41.8 Å². The Bertz CT molecular complexity index is 2810. The third-order valence-corrected chi connectivity index (χ3v) is 15.0. The Balaban J connectivity index is 0.713. The standard InChI is InChI=1S/C55H66N8O5/c1-36-11-16-43(58-42-21-27-56-28-22-42)35-47(36)53(66)57-37(2)44-17-14-40(45-8-4-5-9-46(44)45)13-12-38-23-30-61(31-24-38)29-7-6-10-52(65)62-32-25-39(26-33-62)41-15-18-48-50(34-41)60(3)55(68)63(48)49-19-20-51(64)59-54(49)67/h4-5,8-9,11,14-18,34-35,37-39,42,49,56,58H,6-7,10,19-33H2,1-3H3,(H,57,66)(H,59,64,67)/t37-,49?/m1/s1. The number of piperidine rings is 4. The number of anilines is 1. The van der Waals surface area contributed by atoms with E-state index < -0.39 is 11.9 Å². The number of fused-ring (bicyclic) bond motifs is 2. The maximum absolute atomic E-state index is 13.7. The number of nitrogens with zero attached hydrogens (tertiary/aromatic N) is 4. The van der Waals surface area contributed by atoms with E-state index in [0.29, 0.717) is 35.9 Å². The number of imide groups is 1. The lowest BCUT2D eigenvalue weighted by molar-refractivity contribution is -0.136. The molecule has 5 heterocycles. The van der Waals surface area contributed by atoms with Crippen molar-refractivity contribution < 1.29 is 19.2 Å². The van der Waals surface area contributed by atoms with Gasteiger partial charge in [0.1, 0.15) is 6.04 Å². The summed E-state index contributed by atoms with van der Waals surface area (Å²) in [5, 5.41) is 14.9. The second-order valence-corrected chi connectivity index (χ2v) is 19.6. The lowest BCUT2D eigenvalue weighted by Crippen LogP contribution is -2.44. The SMILES string of the molecule is Cc1ccc(NC2CCNCC2)cc1C(=O)N[C@H](C)c1ccc(C#CC2CCN(CCCCC(=O)N3CCC(c4ccc5c(c4)n(C)c(=O)n5C4CCC(=O)NC4=O)CC3)CC2)c2ccccc12. The summed E-state index contributed by atoms with van der Waals surface area (Å²) >= 11 is 0. The number of aryl methyl sites for hydroxylation is 2. The number of hydrogen-bond acceptors (Lipinski definition) is 8. The topological polar surface area (TPSA) is 150 Å². The second-order valence-electron chi connectivity index (χ2n) is 19.6. The van der Waals surface area contributed by atoms with E-state index in [1.165, 1.54) is 4.57 Å². The first-order chi connectivity index (χ1) is 33.0. The normalized spacial score (nSPS) is 19.4. The van der Waals surface area contributed by atoms with Gasteiger partial charge >= 0.3 is 5.69 Å². The fraction of sp³-hybridized carbons (Fsp3) is 0.473. The molecule has 5 aromatic rings. The van der Waals surface area contributed by atoms with Crippen LogP contribution in [0, 0.1) is 24.7 Å². The number of rotatable bonds is 12. The summed E-state index contributed by atoms with van der Waals surface area (Å²) in [4.78, 5) is 69.0. The van der Waals surface area contributed by atoms with Gasteiger partial charge in [-0.3, -0.25) is 33.6 Å². The molecular formula is C55H66N8O5. The largest absolute Gasteiger partial charge is 0.382 e. The van der Waals surface area contributed by atoms with Gasteiger partial charge in [0, 0.05) is 61.8 Å². The predicted molar refractivity (Wildman–Crippen MR) is 268 cm³/mol. The fourth-order valence-electron chi connectivity index (χ4n) is 10.9. The molecule has 1 unspecified atom stereocenters. The molecule has 4 saturated heterocycles. The number of carbonyl (C=O) groups is 4. The first-order valence-electron chi connectivity index (χ1n) is 25.0. The first kappa shape index (κ1) is 46.9.